The summed E-state index contributed by atoms with van der Waals surface area (Å²) in [5, 5.41) is 14.1. The predicted octanol–water partition coefficient (Wildman–Crippen LogP) is 3.82. The van der Waals surface area contributed by atoms with Crippen LogP contribution in [0.2, 0.25) is 0 Å². The zero-order valence-electron chi connectivity index (χ0n) is 19.7. The zero-order valence-corrected chi connectivity index (χ0v) is 20.5. The molecule has 37 heavy (non-hydrogen) atoms. The van der Waals surface area contributed by atoms with Crippen molar-refractivity contribution < 1.29 is 13.9 Å². The number of carbonyl (C=O) groups is 1. The van der Waals surface area contributed by atoms with Crippen LogP contribution in [0.15, 0.2) is 63.4 Å². The number of rotatable bonds is 7. The molecule has 0 aliphatic heterocycles. The fraction of sp³-hybridized carbons (Fsp3) is 0.125. The number of methoxy groups -OCH3 is 1. The van der Waals surface area contributed by atoms with Crippen molar-refractivity contribution in [2.24, 2.45) is 0 Å². The molecule has 0 unspecified atom stereocenters. The molecule has 2 amide bonds. The third-order valence-corrected chi connectivity index (χ3v) is 6.02. The van der Waals surface area contributed by atoms with Crippen molar-refractivity contribution in [1.82, 2.24) is 35.5 Å². The van der Waals surface area contributed by atoms with Gasteiger partial charge in [0.25, 0.3) is 5.89 Å². The highest BCUT2D eigenvalue weighted by atomic mass is 32.1. The van der Waals surface area contributed by atoms with Crippen molar-refractivity contribution in [3.63, 3.8) is 0 Å². The van der Waals surface area contributed by atoms with E-state index in [4.69, 9.17) is 14.1 Å². The van der Waals surface area contributed by atoms with E-state index in [-0.39, 0.29) is 11.9 Å². The van der Waals surface area contributed by atoms with E-state index >= 15 is 0 Å². The number of H-pyrrole nitrogens is 1. The Bertz CT molecular complexity index is 1630. The Morgan fingerprint density at radius 1 is 1.11 bits per heavy atom. The Kier molecular flexibility index (Phi) is 6.68. The molecule has 0 aliphatic carbocycles. The van der Waals surface area contributed by atoms with Crippen LogP contribution in [0.1, 0.15) is 6.92 Å². The van der Waals surface area contributed by atoms with E-state index in [9.17, 15) is 9.59 Å². The van der Waals surface area contributed by atoms with Crippen LogP contribution in [0.25, 0.3) is 44.7 Å². The number of nitrogens with one attached hydrogen (secondary N) is 3. The molecule has 0 atom stereocenters. The van der Waals surface area contributed by atoms with Gasteiger partial charge < -0.3 is 14.5 Å². The van der Waals surface area contributed by atoms with Crippen molar-refractivity contribution in [1.29, 1.82) is 0 Å². The number of urea groups is 1. The maximum absolute atomic E-state index is 12.1. The molecular weight excluding hydrogens is 496 g/mol. The molecule has 5 aromatic heterocycles. The lowest BCUT2D eigenvalue weighted by atomic mass is 10.0. The Morgan fingerprint density at radius 2 is 2.00 bits per heavy atom. The molecule has 0 saturated carbocycles. The Balaban J connectivity index is 1.59. The normalized spacial score (nSPS) is 10.8. The maximum atomic E-state index is 12.1. The monoisotopic (exact) mass is 516 g/mol. The van der Waals surface area contributed by atoms with Crippen molar-refractivity contribution in [3.05, 3.63) is 64.7 Å². The Labute approximate surface area is 213 Å². The predicted molar refractivity (Wildman–Crippen MR) is 137 cm³/mol. The number of nitrogens with zero attached hydrogens (tertiary/aromatic N) is 5. The van der Waals surface area contributed by atoms with Crippen molar-refractivity contribution >= 4 is 23.2 Å². The van der Waals surface area contributed by atoms with Gasteiger partial charge in [-0.25, -0.2) is 29.6 Å². The number of ether oxygens (including phenoxy) is 1. The highest BCUT2D eigenvalue weighted by Crippen LogP contribution is 2.37. The first kappa shape index (κ1) is 23.8. The number of thiazole rings is 1. The smallest absolute Gasteiger partial charge is 0.434 e. The van der Waals surface area contributed by atoms with Crippen LogP contribution in [-0.2, 0) is 0 Å². The molecule has 13 heteroatoms. The molecule has 0 fully saturated rings. The lowest BCUT2D eigenvalue weighted by Gasteiger charge is -2.11. The molecule has 0 radical (unpaired) electrons. The summed E-state index contributed by atoms with van der Waals surface area (Å²) in [5.41, 5.74) is 3.89. The number of amides is 2. The van der Waals surface area contributed by atoms with Gasteiger partial charge in [-0.1, -0.05) is 6.07 Å². The quantitative estimate of drug-likeness (QED) is 0.292. The molecule has 12 nitrogen and oxygen atoms in total. The van der Waals surface area contributed by atoms with Crippen LogP contribution in [0.5, 0.6) is 5.88 Å². The zero-order chi connectivity index (χ0) is 25.8. The maximum Gasteiger partial charge on any atom is 0.434 e. The minimum atomic E-state index is -0.674. The Hall–Kier alpha value is -4.91. The van der Waals surface area contributed by atoms with Gasteiger partial charge in [0, 0.05) is 41.5 Å². The number of hydrogen-bond acceptors (Lipinski definition) is 10. The standard InChI is InChI=1S/C24H20N8O4S/c1-3-25-23(33)30-19-10-14(22-29-18(12-37-22)16-5-4-6-20(28-16)35-2)15(11-27-19)13-7-8-26-17(9-13)21-31-32-24(34)36-21/h4-12H,3H2,1-2H3,(H,32,34)(H2,25,27,30,33). The van der Waals surface area contributed by atoms with Crippen LogP contribution in [0.3, 0.4) is 0 Å². The van der Waals surface area contributed by atoms with Crippen LogP contribution in [0, 0.1) is 0 Å². The fourth-order valence-corrected chi connectivity index (χ4v) is 4.34. The summed E-state index contributed by atoms with van der Waals surface area (Å²) in [7, 11) is 1.56. The summed E-state index contributed by atoms with van der Waals surface area (Å²) < 4.78 is 10.3. The minimum Gasteiger partial charge on any atom is -0.481 e. The summed E-state index contributed by atoms with van der Waals surface area (Å²) in [6.07, 6.45) is 3.22. The Morgan fingerprint density at radius 3 is 2.78 bits per heavy atom. The fourth-order valence-electron chi connectivity index (χ4n) is 3.49. The second-order valence-corrected chi connectivity index (χ2v) is 8.41. The van der Waals surface area contributed by atoms with Crippen LogP contribution in [0.4, 0.5) is 10.6 Å². The van der Waals surface area contributed by atoms with E-state index < -0.39 is 5.76 Å². The van der Waals surface area contributed by atoms with Crippen molar-refractivity contribution in [2.75, 3.05) is 19.0 Å². The molecule has 3 N–H and O–H groups in total. The van der Waals surface area contributed by atoms with Gasteiger partial charge in [-0.2, -0.15) is 0 Å². The number of hydrogen-bond donors (Lipinski definition) is 3. The van der Waals surface area contributed by atoms with Gasteiger partial charge >= 0.3 is 11.8 Å². The van der Waals surface area contributed by atoms with Crippen molar-refractivity contribution in [3.8, 4) is 50.6 Å². The van der Waals surface area contributed by atoms with Crippen molar-refractivity contribution in [2.45, 2.75) is 6.92 Å². The second kappa shape index (κ2) is 10.4. The van der Waals surface area contributed by atoms with Gasteiger partial charge in [0.05, 0.1) is 12.8 Å². The summed E-state index contributed by atoms with van der Waals surface area (Å²) >= 11 is 1.42. The van der Waals surface area contributed by atoms with Gasteiger partial charge in [-0.15, -0.1) is 16.4 Å². The van der Waals surface area contributed by atoms with E-state index in [2.05, 4.69) is 35.8 Å². The topological polar surface area (TPSA) is 161 Å². The van der Waals surface area contributed by atoms with Crippen LogP contribution in [-0.4, -0.2) is 49.8 Å². The third kappa shape index (κ3) is 5.21. The molecule has 0 spiro atoms. The van der Waals surface area contributed by atoms with E-state index in [0.717, 1.165) is 16.7 Å². The molecule has 5 aromatic rings. The molecule has 0 aromatic carbocycles. The molecule has 0 aliphatic rings. The van der Waals surface area contributed by atoms with E-state index in [1.807, 2.05) is 24.4 Å². The third-order valence-electron chi connectivity index (χ3n) is 5.14. The minimum absolute atomic E-state index is 0.0662. The van der Waals surface area contributed by atoms with Crippen LogP contribution >= 0.6 is 11.3 Å². The summed E-state index contributed by atoms with van der Waals surface area (Å²) in [6, 6.07) is 10.4. The molecule has 186 valence electrons. The summed E-state index contributed by atoms with van der Waals surface area (Å²) in [6.45, 7) is 2.30. The number of pyridine rings is 3. The summed E-state index contributed by atoms with van der Waals surface area (Å²) in [4.78, 5) is 41.5. The average Bonchev–Trinajstić information content (AvgIpc) is 3.59. The highest BCUT2D eigenvalue weighted by Gasteiger charge is 2.17. The molecule has 5 rings (SSSR count). The molecular formula is C24H20N8O4S. The second-order valence-electron chi connectivity index (χ2n) is 7.55. The first-order chi connectivity index (χ1) is 18.0. The molecule has 5 heterocycles. The number of aromatic nitrogens is 6. The average molecular weight is 517 g/mol. The molecule has 0 bridgehead atoms. The number of carbonyl (C=O) groups excluding carboxylic acids is 1. The van der Waals surface area contributed by atoms with E-state index in [0.29, 0.717) is 40.3 Å². The van der Waals surface area contributed by atoms with E-state index in [1.54, 1.807) is 43.8 Å². The van der Waals surface area contributed by atoms with Gasteiger partial charge in [0.15, 0.2) is 0 Å². The van der Waals surface area contributed by atoms with Gasteiger partial charge in [-0.05, 0) is 36.8 Å². The first-order valence-electron chi connectivity index (χ1n) is 11.1. The molecule has 0 saturated heterocycles. The lowest BCUT2D eigenvalue weighted by Crippen LogP contribution is -2.28. The highest BCUT2D eigenvalue weighted by molar-refractivity contribution is 7.13. The van der Waals surface area contributed by atoms with Gasteiger partial charge in [0.1, 0.15) is 22.2 Å². The number of aromatic amines is 1. The number of anilines is 1. The lowest BCUT2D eigenvalue weighted by molar-refractivity contribution is 0.252. The SMILES string of the molecule is CCNC(=O)Nc1cc(-c2nc(-c3cccc(OC)n3)cs2)c(-c2ccnc(-c3n[nH]c(=O)o3)c2)cn1. The first-order valence-corrected chi connectivity index (χ1v) is 12.0. The largest absolute Gasteiger partial charge is 0.481 e. The van der Waals surface area contributed by atoms with E-state index in [1.165, 1.54) is 11.3 Å². The van der Waals surface area contributed by atoms with Gasteiger partial charge in [-0.3, -0.25) is 10.3 Å². The van der Waals surface area contributed by atoms with Crippen LogP contribution < -0.4 is 21.1 Å². The summed E-state index contributed by atoms with van der Waals surface area (Å²) in [5.74, 6) is 0.233. The van der Waals surface area contributed by atoms with Gasteiger partial charge in [0.2, 0.25) is 5.88 Å².